The summed E-state index contributed by atoms with van der Waals surface area (Å²) < 4.78 is 29.2. The molecule has 112 valence electrons. The topological polar surface area (TPSA) is 54.4 Å². The first kappa shape index (κ1) is 20.2. The second kappa shape index (κ2) is 8.88. The Kier molecular flexibility index (Phi) is 9.97. The average molecular weight is 282 g/mol. The van der Waals surface area contributed by atoms with E-state index in [2.05, 4.69) is 41.7 Å². The van der Waals surface area contributed by atoms with Gasteiger partial charge in [0.1, 0.15) is 0 Å². The maximum atomic E-state index is 9.95. The standard InChI is InChI=1S/C9H22N.C4H10O3S/c1-7-10(6,8(2)3)9(4)5;1-2-3-4-8(5,6)7/h8-9H,7H2,1-6H3;2-4H2,1H3,(H,5,6,7)/q+1;. The van der Waals surface area contributed by atoms with Gasteiger partial charge in [0.2, 0.25) is 0 Å². The minimum absolute atomic E-state index is 0.108. The van der Waals surface area contributed by atoms with Gasteiger partial charge in [0.05, 0.1) is 31.4 Å². The van der Waals surface area contributed by atoms with Crippen molar-refractivity contribution in [2.24, 2.45) is 0 Å². The molecule has 0 spiro atoms. The summed E-state index contributed by atoms with van der Waals surface area (Å²) in [5.74, 6) is -0.108. The molecule has 0 atom stereocenters. The van der Waals surface area contributed by atoms with E-state index in [-0.39, 0.29) is 5.75 Å². The molecule has 0 heterocycles. The van der Waals surface area contributed by atoms with E-state index in [0.29, 0.717) is 6.42 Å². The maximum absolute atomic E-state index is 9.95. The van der Waals surface area contributed by atoms with Crippen LogP contribution in [0.2, 0.25) is 0 Å². The molecule has 0 unspecified atom stereocenters. The van der Waals surface area contributed by atoms with E-state index < -0.39 is 10.1 Å². The molecule has 0 bridgehead atoms. The largest absolute Gasteiger partial charge is 0.322 e. The summed E-state index contributed by atoms with van der Waals surface area (Å²) in [7, 11) is -1.36. The van der Waals surface area contributed by atoms with Crippen LogP contribution in [0.25, 0.3) is 0 Å². The van der Waals surface area contributed by atoms with Crippen LogP contribution in [0.15, 0.2) is 0 Å². The molecule has 0 saturated carbocycles. The van der Waals surface area contributed by atoms with Gasteiger partial charge >= 0.3 is 0 Å². The van der Waals surface area contributed by atoms with E-state index in [1.165, 1.54) is 11.0 Å². The molecule has 0 aliphatic heterocycles. The van der Waals surface area contributed by atoms with Gasteiger partial charge in [0.15, 0.2) is 0 Å². The van der Waals surface area contributed by atoms with E-state index in [4.69, 9.17) is 4.55 Å². The van der Waals surface area contributed by atoms with Gasteiger partial charge in [-0.25, -0.2) is 0 Å². The molecule has 0 aliphatic rings. The number of quaternary nitrogens is 1. The lowest BCUT2D eigenvalue weighted by atomic mass is 10.2. The highest BCUT2D eigenvalue weighted by atomic mass is 32.2. The maximum Gasteiger partial charge on any atom is 0.264 e. The van der Waals surface area contributed by atoms with Gasteiger partial charge in [0, 0.05) is 0 Å². The molecular formula is C13H32NO3S+. The highest BCUT2D eigenvalue weighted by molar-refractivity contribution is 7.85. The lowest BCUT2D eigenvalue weighted by Gasteiger charge is -2.41. The van der Waals surface area contributed by atoms with Crippen molar-refractivity contribution in [2.45, 2.75) is 66.5 Å². The molecule has 0 amide bonds. The summed E-state index contributed by atoms with van der Waals surface area (Å²) in [6, 6.07) is 1.48. The van der Waals surface area contributed by atoms with Gasteiger partial charge in [-0.15, -0.1) is 0 Å². The van der Waals surface area contributed by atoms with Crippen molar-refractivity contribution in [2.75, 3.05) is 19.3 Å². The van der Waals surface area contributed by atoms with E-state index in [9.17, 15) is 8.42 Å². The third-order valence-corrected chi connectivity index (χ3v) is 4.60. The predicted octanol–water partition coefficient (Wildman–Crippen LogP) is 2.94. The van der Waals surface area contributed by atoms with E-state index in [1.807, 2.05) is 6.92 Å². The first-order valence-electron chi connectivity index (χ1n) is 6.81. The monoisotopic (exact) mass is 282 g/mol. The van der Waals surface area contributed by atoms with Crippen molar-refractivity contribution in [3.63, 3.8) is 0 Å². The molecule has 0 aromatic rings. The minimum atomic E-state index is -3.69. The quantitative estimate of drug-likeness (QED) is 0.602. The SMILES string of the molecule is CCCCS(=O)(=O)O.CC[N+](C)(C(C)C)C(C)C. The van der Waals surface area contributed by atoms with Crippen LogP contribution in [-0.2, 0) is 10.1 Å². The van der Waals surface area contributed by atoms with Crippen LogP contribution in [0.4, 0.5) is 0 Å². The zero-order valence-corrected chi connectivity index (χ0v) is 13.9. The first-order valence-corrected chi connectivity index (χ1v) is 8.42. The molecule has 0 fully saturated rings. The molecule has 5 heteroatoms. The third kappa shape index (κ3) is 8.89. The van der Waals surface area contributed by atoms with Gasteiger partial charge in [-0.2, -0.15) is 8.42 Å². The van der Waals surface area contributed by atoms with Crippen LogP contribution < -0.4 is 0 Å². The summed E-state index contributed by atoms with van der Waals surface area (Å²) in [5.41, 5.74) is 0. The normalized spacial score (nSPS) is 12.6. The summed E-state index contributed by atoms with van der Waals surface area (Å²) in [4.78, 5) is 0. The summed E-state index contributed by atoms with van der Waals surface area (Å²) in [6.45, 7) is 14.5. The fourth-order valence-corrected chi connectivity index (χ4v) is 2.31. The van der Waals surface area contributed by atoms with E-state index >= 15 is 0 Å². The first-order chi connectivity index (χ1) is 8.01. The van der Waals surface area contributed by atoms with Crippen LogP contribution in [0, 0.1) is 0 Å². The Hall–Kier alpha value is -0.130. The molecule has 0 rings (SSSR count). The zero-order chi connectivity index (χ0) is 15.0. The molecule has 0 radical (unpaired) electrons. The Labute approximate surface area is 114 Å². The Morgan fingerprint density at radius 3 is 1.50 bits per heavy atom. The van der Waals surface area contributed by atoms with Crippen molar-refractivity contribution in [1.82, 2.24) is 0 Å². The van der Waals surface area contributed by atoms with Gasteiger partial charge in [-0.3, -0.25) is 4.55 Å². The number of hydrogen-bond donors (Lipinski definition) is 1. The Morgan fingerprint density at radius 1 is 1.06 bits per heavy atom. The molecular weight excluding hydrogens is 250 g/mol. The highest BCUT2D eigenvalue weighted by Gasteiger charge is 2.26. The highest BCUT2D eigenvalue weighted by Crippen LogP contribution is 2.14. The van der Waals surface area contributed by atoms with Crippen LogP contribution in [0.1, 0.15) is 54.4 Å². The molecule has 0 saturated heterocycles. The van der Waals surface area contributed by atoms with Crippen LogP contribution >= 0.6 is 0 Å². The van der Waals surface area contributed by atoms with Gasteiger partial charge in [-0.1, -0.05) is 13.3 Å². The lowest BCUT2D eigenvalue weighted by molar-refractivity contribution is -0.947. The molecule has 0 aromatic carbocycles. The van der Waals surface area contributed by atoms with E-state index in [0.717, 1.165) is 18.5 Å². The van der Waals surface area contributed by atoms with Crippen molar-refractivity contribution in [1.29, 1.82) is 0 Å². The molecule has 0 aromatic heterocycles. The second-order valence-corrected chi connectivity index (χ2v) is 7.06. The van der Waals surface area contributed by atoms with Crippen LogP contribution in [0.5, 0.6) is 0 Å². The number of hydrogen-bond acceptors (Lipinski definition) is 2. The lowest BCUT2D eigenvalue weighted by Crippen LogP contribution is -2.54. The molecule has 18 heavy (non-hydrogen) atoms. The Bertz CT molecular complexity index is 289. The van der Waals surface area contributed by atoms with Crippen molar-refractivity contribution in [3.8, 4) is 0 Å². The van der Waals surface area contributed by atoms with Gasteiger partial charge < -0.3 is 4.48 Å². The second-order valence-electron chi connectivity index (χ2n) is 5.49. The summed E-state index contributed by atoms with van der Waals surface area (Å²) in [5, 5.41) is 0. The molecule has 0 aliphatic carbocycles. The Balaban J connectivity index is 0. The summed E-state index contributed by atoms with van der Waals surface area (Å²) in [6.07, 6.45) is 1.33. The fourth-order valence-electron chi connectivity index (χ4n) is 1.65. The van der Waals surface area contributed by atoms with Crippen LogP contribution in [-0.4, -0.2) is 48.9 Å². The summed E-state index contributed by atoms with van der Waals surface area (Å²) >= 11 is 0. The average Bonchev–Trinajstić information content (AvgIpc) is 2.24. The third-order valence-electron chi connectivity index (χ3n) is 3.80. The number of nitrogens with zero attached hydrogens (tertiary/aromatic N) is 1. The molecule has 4 nitrogen and oxygen atoms in total. The van der Waals surface area contributed by atoms with Crippen molar-refractivity contribution < 1.29 is 17.5 Å². The Morgan fingerprint density at radius 2 is 1.44 bits per heavy atom. The van der Waals surface area contributed by atoms with Gasteiger partial charge in [-0.05, 0) is 41.0 Å². The van der Waals surface area contributed by atoms with Crippen molar-refractivity contribution in [3.05, 3.63) is 0 Å². The fraction of sp³-hybridized carbons (Fsp3) is 1.00. The number of unbranched alkanes of at least 4 members (excludes halogenated alkanes) is 1. The van der Waals surface area contributed by atoms with Crippen molar-refractivity contribution >= 4 is 10.1 Å². The molecule has 1 N–H and O–H groups in total. The van der Waals surface area contributed by atoms with Crippen LogP contribution in [0.3, 0.4) is 0 Å². The van der Waals surface area contributed by atoms with E-state index in [1.54, 1.807) is 0 Å². The zero-order valence-electron chi connectivity index (χ0n) is 13.1. The number of rotatable bonds is 6. The minimum Gasteiger partial charge on any atom is -0.322 e. The van der Waals surface area contributed by atoms with Gasteiger partial charge in [0.25, 0.3) is 10.1 Å². The predicted molar refractivity (Wildman–Crippen MR) is 78.3 cm³/mol. The smallest absolute Gasteiger partial charge is 0.264 e.